The Morgan fingerprint density at radius 2 is 1.53 bits per heavy atom. The molecule has 0 aliphatic rings. The van der Waals surface area contributed by atoms with E-state index in [1.807, 2.05) is 32.9 Å². The van der Waals surface area contributed by atoms with E-state index in [-0.39, 0.29) is 24.4 Å². The van der Waals surface area contributed by atoms with E-state index in [2.05, 4.69) is 19.2 Å². The van der Waals surface area contributed by atoms with E-state index < -0.39 is 28.5 Å². The highest BCUT2D eigenvalue weighted by atomic mass is 35.5. The third-order valence-electron chi connectivity index (χ3n) is 6.18. The first kappa shape index (κ1) is 29.6. The van der Waals surface area contributed by atoms with Gasteiger partial charge in [-0.25, -0.2) is 8.42 Å². The van der Waals surface area contributed by atoms with Crippen LogP contribution in [0.1, 0.15) is 64.5 Å². The van der Waals surface area contributed by atoms with Crippen molar-refractivity contribution in [3.63, 3.8) is 0 Å². The molecule has 0 unspecified atom stereocenters. The third-order valence-corrected chi connectivity index (χ3v) is 7.57. The first-order valence-corrected chi connectivity index (χ1v) is 14.5. The molecule has 0 radical (unpaired) electrons. The van der Waals surface area contributed by atoms with Crippen molar-refractivity contribution in [2.75, 3.05) is 17.1 Å². The fourth-order valence-electron chi connectivity index (χ4n) is 3.79. The number of hydrogen-bond acceptors (Lipinski definition) is 4. The molecule has 198 valence electrons. The molecule has 1 N–H and O–H groups in total. The summed E-state index contributed by atoms with van der Waals surface area (Å²) in [4.78, 5) is 28.3. The zero-order chi connectivity index (χ0) is 27.0. The van der Waals surface area contributed by atoms with E-state index in [1.165, 1.54) is 4.90 Å². The Labute approximate surface area is 220 Å². The van der Waals surface area contributed by atoms with Crippen LogP contribution in [-0.2, 0) is 26.2 Å². The van der Waals surface area contributed by atoms with Crippen LogP contribution in [0, 0.1) is 0 Å². The third kappa shape index (κ3) is 8.23. The normalized spacial score (nSPS) is 13.2. The molecule has 0 fully saturated rings. The standard InChI is InChI=1S/C27H38ClN3O4S/c1-7-20(5)29-27(33)25(8-2)30(17-21-9-13-23(28)14-10-21)26(32)18-31(36(6,34)35)24-15-11-22(12-16-24)19(3)4/h9-16,19-20,25H,7-8,17-18H2,1-6H3,(H,29,33)/t20-,25-/m0/s1. The van der Waals surface area contributed by atoms with Gasteiger partial charge in [-0.1, -0.05) is 63.6 Å². The van der Waals surface area contributed by atoms with Crippen LogP contribution in [0.25, 0.3) is 0 Å². The summed E-state index contributed by atoms with van der Waals surface area (Å²) in [7, 11) is -3.77. The van der Waals surface area contributed by atoms with Crippen LogP contribution in [0.4, 0.5) is 5.69 Å². The highest BCUT2D eigenvalue weighted by Crippen LogP contribution is 2.23. The molecule has 0 aromatic heterocycles. The van der Waals surface area contributed by atoms with Gasteiger partial charge in [0.15, 0.2) is 0 Å². The van der Waals surface area contributed by atoms with E-state index in [1.54, 1.807) is 36.4 Å². The Hall–Kier alpha value is -2.58. The smallest absolute Gasteiger partial charge is 0.244 e. The van der Waals surface area contributed by atoms with Crippen LogP contribution in [0.5, 0.6) is 0 Å². The second kappa shape index (κ2) is 13.1. The number of anilines is 1. The quantitative estimate of drug-likeness (QED) is 0.416. The highest BCUT2D eigenvalue weighted by molar-refractivity contribution is 7.92. The van der Waals surface area contributed by atoms with Crippen molar-refractivity contribution in [1.82, 2.24) is 10.2 Å². The predicted octanol–water partition coefficient (Wildman–Crippen LogP) is 4.95. The molecule has 2 amide bonds. The van der Waals surface area contributed by atoms with Gasteiger partial charge in [0.05, 0.1) is 11.9 Å². The fraction of sp³-hybridized carbons (Fsp3) is 0.481. The second-order valence-corrected chi connectivity index (χ2v) is 11.7. The topological polar surface area (TPSA) is 86.8 Å². The van der Waals surface area contributed by atoms with Gasteiger partial charge in [0.1, 0.15) is 12.6 Å². The molecule has 0 spiro atoms. The van der Waals surface area contributed by atoms with E-state index >= 15 is 0 Å². The molecular weight excluding hydrogens is 498 g/mol. The molecule has 36 heavy (non-hydrogen) atoms. The predicted molar refractivity (Wildman–Crippen MR) is 147 cm³/mol. The molecule has 9 heteroatoms. The first-order valence-electron chi connectivity index (χ1n) is 12.3. The maximum Gasteiger partial charge on any atom is 0.244 e. The monoisotopic (exact) mass is 535 g/mol. The summed E-state index contributed by atoms with van der Waals surface area (Å²) in [5.74, 6) is -0.438. The van der Waals surface area contributed by atoms with Gasteiger partial charge in [0, 0.05) is 17.6 Å². The van der Waals surface area contributed by atoms with Gasteiger partial charge in [-0.15, -0.1) is 0 Å². The summed E-state index contributed by atoms with van der Waals surface area (Å²) < 4.78 is 26.5. The molecule has 2 rings (SSSR count). The number of carbonyl (C=O) groups excluding carboxylic acids is 2. The maximum atomic E-state index is 13.7. The van der Waals surface area contributed by atoms with Gasteiger partial charge >= 0.3 is 0 Å². The summed E-state index contributed by atoms with van der Waals surface area (Å²) in [5, 5.41) is 3.52. The average molecular weight is 536 g/mol. The van der Waals surface area contributed by atoms with Gasteiger partial charge in [-0.3, -0.25) is 13.9 Å². The molecule has 2 aromatic rings. The molecule has 0 heterocycles. The zero-order valence-electron chi connectivity index (χ0n) is 22.0. The first-order chi connectivity index (χ1) is 16.9. The number of sulfonamides is 1. The van der Waals surface area contributed by atoms with Gasteiger partial charge in [0.2, 0.25) is 21.8 Å². The number of carbonyl (C=O) groups is 2. The molecule has 0 aliphatic heterocycles. The van der Waals surface area contributed by atoms with E-state index in [4.69, 9.17) is 11.6 Å². The molecule has 2 atom stereocenters. The lowest BCUT2D eigenvalue weighted by Crippen LogP contribution is -2.53. The highest BCUT2D eigenvalue weighted by Gasteiger charge is 2.32. The number of amides is 2. The van der Waals surface area contributed by atoms with E-state index in [0.717, 1.165) is 28.1 Å². The van der Waals surface area contributed by atoms with Gasteiger partial charge in [0.25, 0.3) is 0 Å². The van der Waals surface area contributed by atoms with Crippen molar-refractivity contribution >= 4 is 39.1 Å². The molecular formula is C27H38ClN3O4S. The molecule has 0 saturated carbocycles. The van der Waals surface area contributed by atoms with Crippen LogP contribution < -0.4 is 9.62 Å². The Balaban J connectivity index is 2.42. The maximum absolute atomic E-state index is 13.7. The molecule has 7 nitrogen and oxygen atoms in total. The zero-order valence-corrected chi connectivity index (χ0v) is 23.6. The molecule has 0 bridgehead atoms. The molecule has 0 saturated heterocycles. The Kier molecular flexibility index (Phi) is 10.8. The van der Waals surface area contributed by atoms with Gasteiger partial charge < -0.3 is 10.2 Å². The van der Waals surface area contributed by atoms with E-state index in [0.29, 0.717) is 17.1 Å². The van der Waals surface area contributed by atoms with Crippen molar-refractivity contribution in [2.24, 2.45) is 0 Å². The van der Waals surface area contributed by atoms with Crippen LogP contribution in [0.3, 0.4) is 0 Å². The minimum Gasteiger partial charge on any atom is -0.352 e. The lowest BCUT2D eigenvalue weighted by atomic mass is 10.0. The minimum atomic E-state index is -3.77. The van der Waals surface area contributed by atoms with Crippen molar-refractivity contribution < 1.29 is 18.0 Å². The van der Waals surface area contributed by atoms with E-state index in [9.17, 15) is 18.0 Å². The van der Waals surface area contributed by atoms with Gasteiger partial charge in [-0.05, 0) is 61.1 Å². The SMILES string of the molecule is CC[C@H](C)NC(=O)[C@H](CC)N(Cc1ccc(Cl)cc1)C(=O)CN(c1ccc(C(C)C)cc1)S(C)(=O)=O. The number of rotatable bonds is 12. The molecule has 2 aromatic carbocycles. The number of benzene rings is 2. The van der Waals surface area contributed by atoms with Crippen molar-refractivity contribution in [3.8, 4) is 0 Å². The van der Waals surface area contributed by atoms with Crippen LogP contribution >= 0.6 is 11.6 Å². The summed E-state index contributed by atoms with van der Waals surface area (Å²) in [5.41, 5.74) is 2.25. The lowest BCUT2D eigenvalue weighted by Gasteiger charge is -2.33. The van der Waals surface area contributed by atoms with Gasteiger partial charge in [-0.2, -0.15) is 0 Å². The number of halogens is 1. The number of hydrogen-bond donors (Lipinski definition) is 1. The van der Waals surface area contributed by atoms with Crippen molar-refractivity contribution in [2.45, 2.75) is 72.0 Å². The Morgan fingerprint density at radius 3 is 2.00 bits per heavy atom. The average Bonchev–Trinajstić information content (AvgIpc) is 2.82. The Bertz CT molecular complexity index is 1120. The summed E-state index contributed by atoms with van der Waals surface area (Å²) in [6, 6.07) is 13.4. The second-order valence-electron chi connectivity index (χ2n) is 9.41. The van der Waals surface area contributed by atoms with Crippen LogP contribution in [-0.4, -0.2) is 50.0 Å². The Morgan fingerprint density at radius 1 is 0.944 bits per heavy atom. The molecule has 0 aliphatic carbocycles. The largest absolute Gasteiger partial charge is 0.352 e. The lowest BCUT2D eigenvalue weighted by molar-refractivity contribution is -0.140. The van der Waals surface area contributed by atoms with Crippen molar-refractivity contribution in [3.05, 3.63) is 64.7 Å². The number of nitrogens with zero attached hydrogens (tertiary/aromatic N) is 2. The summed E-state index contributed by atoms with van der Waals surface area (Å²) in [6.45, 7) is 9.54. The van der Waals surface area contributed by atoms with Crippen LogP contribution in [0.15, 0.2) is 48.5 Å². The van der Waals surface area contributed by atoms with Crippen molar-refractivity contribution in [1.29, 1.82) is 0 Å². The fourth-order valence-corrected chi connectivity index (χ4v) is 4.76. The summed E-state index contributed by atoms with van der Waals surface area (Å²) >= 11 is 6.02. The minimum absolute atomic E-state index is 0.0500. The van der Waals surface area contributed by atoms with Crippen LogP contribution in [0.2, 0.25) is 5.02 Å². The summed E-state index contributed by atoms with van der Waals surface area (Å²) in [6.07, 6.45) is 2.21. The number of nitrogens with one attached hydrogen (secondary N) is 1.